The molecule has 3 rings (SSSR count). The van der Waals surface area contributed by atoms with Gasteiger partial charge in [0.1, 0.15) is 0 Å². The molecule has 1 aromatic carbocycles. The number of nitrogens with zero attached hydrogens (tertiary/aromatic N) is 2. The summed E-state index contributed by atoms with van der Waals surface area (Å²) in [6, 6.07) is 6.17. The minimum absolute atomic E-state index is 0.217. The van der Waals surface area contributed by atoms with Crippen molar-refractivity contribution >= 4 is 5.91 Å². The smallest absolute Gasteiger partial charge is 0.253 e. The summed E-state index contributed by atoms with van der Waals surface area (Å²) >= 11 is 0. The molecular formula is C19H28N2O. The van der Waals surface area contributed by atoms with E-state index in [1.165, 1.54) is 49.9 Å². The number of carbonyl (C=O) groups excluding carboxylic acids is 1. The monoisotopic (exact) mass is 300 g/mol. The highest BCUT2D eigenvalue weighted by atomic mass is 16.2. The lowest BCUT2D eigenvalue weighted by molar-refractivity contribution is 0.0352. The first-order valence-electron chi connectivity index (χ1n) is 8.54. The van der Waals surface area contributed by atoms with Crippen LogP contribution in [0.15, 0.2) is 18.2 Å². The Balaban J connectivity index is 1.64. The average molecular weight is 300 g/mol. The summed E-state index contributed by atoms with van der Waals surface area (Å²) in [7, 11) is 2.21. The van der Waals surface area contributed by atoms with Gasteiger partial charge in [0, 0.05) is 18.7 Å². The van der Waals surface area contributed by atoms with Gasteiger partial charge in [0.05, 0.1) is 0 Å². The fourth-order valence-electron chi connectivity index (χ4n) is 4.06. The van der Waals surface area contributed by atoms with Gasteiger partial charge >= 0.3 is 0 Å². The lowest BCUT2D eigenvalue weighted by atomic mass is 9.71. The summed E-state index contributed by atoms with van der Waals surface area (Å²) in [5.41, 5.74) is 3.71. The van der Waals surface area contributed by atoms with E-state index in [1.54, 1.807) is 0 Å². The zero-order valence-corrected chi connectivity index (χ0v) is 14.2. The third-order valence-corrected chi connectivity index (χ3v) is 5.63. The van der Waals surface area contributed by atoms with Crippen LogP contribution in [0, 0.1) is 19.3 Å². The van der Waals surface area contributed by atoms with E-state index in [1.807, 2.05) is 12.1 Å². The number of aryl methyl sites for hydroxylation is 2. The molecule has 1 spiro atoms. The Hall–Kier alpha value is -1.35. The number of likely N-dealkylation sites (tertiary alicyclic amines) is 2. The summed E-state index contributed by atoms with van der Waals surface area (Å²) in [4.78, 5) is 17.2. The van der Waals surface area contributed by atoms with Crippen LogP contribution < -0.4 is 0 Å². The number of benzene rings is 1. The van der Waals surface area contributed by atoms with Crippen LogP contribution in [0.5, 0.6) is 0 Å². The molecule has 0 unspecified atom stereocenters. The van der Waals surface area contributed by atoms with Gasteiger partial charge in [-0.1, -0.05) is 17.2 Å². The largest absolute Gasteiger partial charge is 0.339 e. The minimum atomic E-state index is 0.217. The molecule has 1 amide bonds. The fraction of sp³-hybridized carbons (Fsp3) is 0.632. The Labute approximate surface area is 134 Å². The van der Waals surface area contributed by atoms with Crippen LogP contribution in [0.2, 0.25) is 0 Å². The molecule has 0 radical (unpaired) electrons. The second-order valence-electron chi connectivity index (χ2n) is 7.47. The van der Waals surface area contributed by atoms with E-state index in [4.69, 9.17) is 0 Å². The zero-order valence-electron chi connectivity index (χ0n) is 14.2. The molecular weight excluding hydrogens is 272 g/mol. The molecule has 120 valence electrons. The first-order valence-corrected chi connectivity index (χ1v) is 8.54. The van der Waals surface area contributed by atoms with Crippen molar-refractivity contribution in [3.63, 3.8) is 0 Å². The van der Waals surface area contributed by atoms with E-state index in [2.05, 4.69) is 36.8 Å². The van der Waals surface area contributed by atoms with Gasteiger partial charge in [0.25, 0.3) is 5.91 Å². The van der Waals surface area contributed by atoms with E-state index in [0.717, 1.165) is 18.7 Å². The molecule has 22 heavy (non-hydrogen) atoms. The van der Waals surface area contributed by atoms with Crippen molar-refractivity contribution in [2.24, 2.45) is 5.41 Å². The number of hydrogen-bond acceptors (Lipinski definition) is 2. The van der Waals surface area contributed by atoms with Gasteiger partial charge in [-0.2, -0.15) is 0 Å². The zero-order chi connectivity index (χ0) is 15.7. The lowest BCUT2D eigenvalue weighted by Gasteiger charge is -2.46. The third kappa shape index (κ3) is 3.19. The van der Waals surface area contributed by atoms with Crippen LogP contribution in [0.4, 0.5) is 0 Å². The Morgan fingerprint density at radius 1 is 0.909 bits per heavy atom. The van der Waals surface area contributed by atoms with E-state index in [-0.39, 0.29) is 5.91 Å². The first kappa shape index (κ1) is 15.5. The Kier molecular flexibility index (Phi) is 4.26. The number of piperidine rings is 2. The third-order valence-electron chi connectivity index (χ3n) is 5.63. The van der Waals surface area contributed by atoms with Crippen molar-refractivity contribution in [1.29, 1.82) is 0 Å². The molecule has 1 aromatic rings. The van der Waals surface area contributed by atoms with Crippen molar-refractivity contribution in [1.82, 2.24) is 9.80 Å². The maximum Gasteiger partial charge on any atom is 0.253 e. The van der Waals surface area contributed by atoms with Gasteiger partial charge in [-0.3, -0.25) is 4.79 Å². The van der Waals surface area contributed by atoms with Gasteiger partial charge in [0.2, 0.25) is 0 Å². The average Bonchev–Trinajstić information content (AvgIpc) is 2.50. The fourth-order valence-corrected chi connectivity index (χ4v) is 4.06. The maximum atomic E-state index is 12.7. The van der Waals surface area contributed by atoms with E-state index in [0.29, 0.717) is 5.41 Å². The molecule has 2 saturated heterocycles. The molecule has 0 N–H and O–H groups in total. The molecule has 0 atom stereocenters. The summed E-state index contributed by atoms with van der Waals surface area (Å²) in [5.74, 6) is 0.217. The van der Waals surface area contributed by atoms with Gasteiger partial charge < -0.3 is 9.80 Å². The van der Waals surface area contributed by atoms with Crippen LogP contribution in [0.3, 0.4) is 0 Å². The minimum Gasteiger partial charge on any atom is -0.339 e. The molecule has 2 fully saturated rings. The normalized spacial score (nSPS) is 22.0. The van der Waals surface area contributed by atoms with Crippen LogP contribution in [-0.4, -0.2) is 48.9 Å². The molecule has 0 saturated carbocycles. The van der Waals surface area contributed by atoms with Gasteiger partial charge in [0.15, 0.2) is 0 Å². The van der Waals surface area contributed by atoms with Crippen LogP contribution >= 0.6 is 0 Å². The Bertz CT molecular complexity index is 528. The molecule has 2 heterocycles. The summed E-state index contributed by atoms with van der Waals surface area (Å²) in [6.07, 6.45) is 4.96. The Morgan fingerprint density at radius 3 is 1.95 bits per heavy atom. The summed E-state index contributed by atoms with van der Waals surface area (Å²) in [5, 5.41) is 0. The standard InChI is InChI=1S/C19H28N2O/c1-15-12-16(2)14-17(13-15)18(22)21-10-6-19(7-11-21)4-8-20(3)9-5-19/h12-14H,4-11H2,1-3H3. The second-order valence-corrected chi connectivity index (χ2v) is 7.47. The van der Waals surface area contributed by atoms with Crippen molar-refractivity contribution in [2.45, 2.75) is 39.5 Å². The molecule has 0 bridgehead atoms. The SMILES string of the molecule is Cc1cc(C)cc(C(=O)N2CCC3(CCN(C)CC3)CC2)c1. The lowest BCUT2D eigenvalue weighted by Crippen LogP contribution is -2.47. The second kappa shape index (κ2) is 6.04. The van der Waals surface area contributed by atoms with Crippen LogP contribution in [0.1, 0.15) is 47.2 Å². The highest BCUT2D eigenvalue weighted by Crippen LogP contribution is 2.41. The van der Waals surface area contributed by atoms with Crippen molar-refractivity contribution in [2.75, 3.05) is 33.2 Å². The van der Waals surface area contributed by atoms with Crippen LogP contribution in [0.25, 0.3) is 0 Å². The number of rotatable bonds is 1. The number of carbonyl (C=O) groups is 1. The topological polar surface area (TPSA) is 23.6 Å². The summed E-state index contributed by atoms with van der Waals surface area (Å²) in [6.45, 7) is 8.40. The number of hydrogen-bond donors (Lipinski definition) is 0. The molecule has 3 heteroatoms. The van der Waals surface area contributed by atoms with E-state index >= 15 is 0 Å². The highest BCUT2D eigenvalue weighted by molar-refractivity contribution is 5.94. The first-order chi connectivity index (χ1) is 10.5. The van der Waals surface area contributed by atoms with Gasteiger partial charge in [-0.15, -0.1) is 0 Å². The molecule has 0 aliphatic carbocycles. The van der Waals surface area contributed by atoms with Crippen LogP contribution in [-0.2, 0) is 0 Å². The highest BCUT2D eigenvalue weighted by Gasteiger charge is 2.37. The van der Waals surface area contributed by atoms with Gasteiger partial charge in [-0.25, -0.2) is 0 Å². The predicted octanol–water partition coefficient (Wildman–Crippen LogP) is 3.25. The molecule has 2 aliphatic heterocycles. The summed E-state index contributed by atoms with van der Waals surface area (Å²) < 4.78 is 0. The van der Waals surface area contributed by atoms with E-state index in [9.17, 15) is 4.79 Å². The Morgan fingerprint density at radius 2 is 1.41 bits per heavy atom. The van der Waals surface area contributed by atoms with Crippen molar-refractivity contribution < 1.29 is 4.79 Å². The molecule has 2 aliphatic rings. The quantitative estimate of drug-likeness (QED) is 0.795. The van der Waals surface area contributed by atoms with Crippen molar-refractivity contribution in [3.05, 3.63) is 34.9 Å². The van der Waals surface area contributed by atoms with Gasteiger partial charge in [-0.05, 0) is 77.2 Å². The van der Waals surface area contributed by atoms with E-state index < -0.39 is 0 Å². The molecule has 0 aromatic heterocycles. The van der Waals surface area contributed by atoms with Crippen molar-refractivity contribution in [3.8, 4) is 0 Å². The number of amides is 1. The maximum absolute atomic E-state index is 12.7. The predicted molar refractivity (Wildman–Crippen MR) is 90.2 cm³/mol. The molecule has 3 nitrogen and oxygen atoms in total.